The zero-order valence-electron chi connectivity index (χ0n) is 19.6. The van der Waals surface area contributed by atoms with Crippen LogP contribution in [0, 0.1) is 0 Å². The molecular weight excluding hydrogens is 462 g/mol. The van der Waals surface area contributed by atoms with E-state index in [-0.39, 0.29) is 0 Å². The average Bonchev–Trinajstić information content (AvgIpc) is 2.69. The lowest BCUT2D eigenvalue weighted by molar-refractivity contribution is -0.299. The van der Waals surface area contributed by atoms with Gasteiger partial charge in [0.1, 0.15) is 18.8 Å². The molecule has 1 aliphatic heterocycles. The molecule has 1 heterocycles. The minimum Gasteiger partial charge on any atom is -0.465 e. The van der Waals surface area contributed by atoms with E-state index in [0.29, 0.717) is 0 Å². The molecule has 1 saturated heterocycles. The van der Waals surface area contributed by atoms with Crippen molar-refractivity contribution in [3.8, 4) is 0 Å². The molecule has 34 heavy (non-hydrogen) atoms. The molecule has 1 aliphatic rings. The first-order valence-electron chi connectivity index (χ1n) is 10.1. The molecule has 14 heteroatoms. The van der Waals surface area contributed by atoms with Crippen LogP contribution < -0.4 is 5.32 Å². The minimum absolute atomic E-state index is 0.617. The largest absolute Gasteiger partial charge is 0.465 e. The van der Waals surface area contributed by atoms with Crippen molar-refractivity contribution < 1.29 is 62.3 Å². The Morgan fingerprint density at radius 1 is 0.971 bits per heavy atom. The summed E-state index contributed by atoms with van der Waals surface area (Å²) in [6, 6.07) is -1.31. The quantitative estimate of drug-likeness (QED) is 0.280. The second kappa shape index (κ2) is 12.3. The summed E-state index contributed by atoms with van der Waals surface area (Å²) in [5, 5.41) is 13.3. The first-order chi connectivity index (χ1) is 15.7. The van der Waals surface area contributed by atoms with Crippen LogP contribution in [0.5, 0.6) is 0 Å². The summed E-state index contributed by atoms with van der Waals surface area (Å²) in [6.45, 7) is 4.69. The molecule has 0 saturated carbocycles. The molecule has 6 atom stereocenters. The lowest BCUT2D eigenvalue weighted by Gasteiger charge is -2.46. The fourth-order valence-electron chi connectivity index (χ4n) is 3.41. The second-order valence-corrected chi connectivity index (χ2v) is 7.46. The molecule has 0 radical (unpaired) electrons. The molecule has 0 aromatic heterocycles. The molecule has 1 rings (SSSR count). The van der Waals surface area contributed by atoms with Crippen LogP contribution in [0.3, 0.4) is 0 Å². The summed E-state index contributed by atoms with van der Waals surface area (Å²) in [5.41, 5.74) is 0. The van der Waals surface area contributed by atoms with Crippen molar-refractivity contribution in [1.29, 1.82) is 0 Å². The summed E-state index contributed by atoms with van der Waals surface area (Å²) >= 11 is 0. The van der Waals surface area contributed by atoms with Crippen molar-refractivity contribution in [1.82, 2.24) is 5.32 Å². The van der Waals surface area contributed by atoms with Crippen LogP contribution in [0.1, 0.15) is 41.0 Å². The number of amides is 1. The van der Waals surface area contributed by atoms with Gasteiger partial charge in [0.05, 0.1) is 19.6 Å². The van der Waals surface area contributed by atoms with E-state index in [1.165, 1.54) is 0 Å². The van der Waals surface area contributed by atoms with Gasteiger partial charge >= 0.3 is 29.8 Å². The monoisotopic (exact) mass is 491 g/mol. The Balaban J connectivity index is 3.64. The van der Waals surface area contributed by atoms with Crippen molar-refractivity contribution >= 4 is 35.8 Å². The fourth-order valence-corrected chi connectivity index (χ4v) is 3.41. The molecule has 2 unspecified atom stereocenters. The van der Waals surface area contributed by atoms with Crippen LogP contribution in [0.2, 0.25) is 0 Å². The third-order valence-electron chi connectivity index (χ3n) is 4.52. The highest BCUT2D eigenvalue weighted by molar-refractivity contribution is 5.78. The lowest BCUT2D eigenvalue weighted by Crippen LogP contribution is -2.68. The Hall–Kier alpha value is -3.26. The molecule has 0 aromatic rings. The number of hydrogen-bond acceptors (Lipinski definition) is 13. The predicted molar refractivity (Wildman–Crippen MR) is 107 cm³/mol. The van der Waals surface area contributed by atoms with Gasteiger partial charge in [0, 0.05) is 34.6 Å². The molecule has 14 nitrogen and oxygen atoms in total. The highest BCUT2D eigenvalue weighted by Gasteiger charge is 2.57. The van der Waals surface area contributed by atoms with Crippen LogP contribution in [0.15, 0.2) is 0 Å². The van der Waals surface area contributed by atoms with E-state index in [1.807, 2.05) is 0 Å². The van der Waals surface area contributed by atoms with Gasteiger partial charge in [-0.3, -0.25) is 24.0 Å². The summed E-state index contributed by atoms with van der Waals surface area (Å²) in [7, 11) is 0.964. The standard InChI is InChI=1S/C20H29NO13/c1-9(22)21-16-14(31-11(3)24)7-20(28,19(27)29-6)34-18(16)17(33-13(5)26)15(32-12(4)25)8-30-10(2)23/h14-18,28H,7-8H2,1-6H3,(H,21,22)/t14?,15-,16-,17-,18?,20+/m1/s1. The molecule has 0 aromatic carbocycles. The third-order valence-corrected chi connectivity index (χ3v) is 4.52. The molecule has 2 N–H and O–H groups in total. The van der Waals surface area contributed by atoms with Gasteiger partial charge in [-0.2, -0.15) is 0 Å². The average molecular weight is 491 g/mol. The second-order valence-electron chi connectivity index (χ2n) is 7.46. The summed E-state index contributed by atoms with van der Waals surface area (Å²) < 4.78 is 30.6. The lowest BCUT2D eigenvalue weighted by atomic mass is 9.88. The van der Waals surface area contributed by atoms with Crippen molar-refractivity contribution in [2.45, 2.75) is 77.3 Å². The van der Waals surface area contributed by atoms with E-state index in [9.17, 15) is 33.9 Å². The normalized spacial score (nSPS) is 25.7. The zero-order chi connectivity index (χ0) is 26.2. The van der Waals surface area contributed by atoms with E-state index in [0.717, 1.165) is 41.7 Å². The smallest absolute Gasteiger partial charge is 0.366 e. The summed E-state index contributed by atoms with van der Waals surface area (Å²) in [5.74, 6) is -7.98. The Bertz CT molecular complexity index is 812. The van der Waals surface area contributed by atoms with E-state index in [2.05, 4.69) is 10.1 Å². The number of ether oxygens (including phenoxy) is 6. The van der Waals surface area contributed by atoms with Gasteiger partial charge in [0.2, 0.25) is 5.91 Å². The summed E-state index contributed by atoms with van der Waals surface area (Å²) in [4.78, 5) is 70.9. The van der Waals surface area contributed by atoms with Gasteiger partial charge in [-0.05, 0) is 0 Å². The van der Waals surface area contributed by atoms with Crippen molar-refractivity contribution in [3.05, 3.63) is 0 Å². The Kier molecular flexibility index (Phi) is 10.4. The van der Waals surface area contributed by atoms with E-state index >= 15 is 0 Å². The predicted octanol–water partition coefficient (Wildman–Crippen LogP) is -1.50. The van der Waals surface area contributed by atoms with Crippen LogP contribution in [0.4, 0.5) is 0 Å². The van der Waals surface area contributed by atoms with Crippen molar-refractivity contribution in [2.75, 3.05) is 13.7 Å². The molecule has 1 amide bonds. The number of rotatable bonds is 9. The van der Waals surface area contributed by atoms with Gasteiger partial charge in [0.25, 0.3) is 5.79 Å². The van der Waals surface area contributed by atoms with Crippen molar-refractivity contribution in [2.24, 2.45) is 0 Å². The first-order valence-corrected chi connectivity index (χ1v) is 10.1. The number of carbonyl (C=O) groups is 6. The van der Waals surface area contributed by atoms with Gasteiger partial charge < -0.3 is 38.8 Å². The highest BCUT2D eigenvalue weighted by Crippen LogP contribution is 2.34. The maximum Gasteiger partial charge on any atom is 0.366 e. The van der Waals surface area contributed by atoms with Crippen molar-refractivity contribution in [3.63, 3.8) is 0 Å². The van der Waals surface area contributed by atoms with Crippen LogP contribution >= 0.6 is 0 Å². The van der Waals surface area contributed by atoms with E-state index in [4.69, 9.17) is 23.7 Å². The molecule has 0 bridgehead atoms. The molecular formula is C20H29NO13. The summed E-state index contributed by atoms with van der Waals surface area (Å²) in [6.07, 6.45) is -6.86. The number of methoxy groups -OCH3 is 1. The number of carbonyl (C=O) groups excluding carboxylic acids is 6. The van der Waals surface area contributed by atoms with Gasteiger partial charge in [-0.15, -0.1) is 0 Å². The Morgan fingerprint density at radius 2 is 1.56 bits per heavy atom. The van der Waals surface area contributed by atoms with Crippen LogP contribution in [-0.4, -0.2) is 90.8 Å². The van der Waals surface area contributed by atoms with Crippen LogP contribution in [-0.2, 0) is 57.2 Å². The number of esters is 5. The Labute approximate surface area is 195 Å². The topological polar surface area (TPSA) is 190 Å². The van der Waals surface area contributed by atoms with Gasteiger partial charge in [0.15, 0.2) is 12.2 Å². The van der Waals surface area contributed by atoms with Crippen LogP contribution in [0.25, 0.3) is 0 Å². The number of nitrogens with one attached hydrogen (secondary N) is 1. The van der Waals surface area contributed by atoms with Gasteiger partial charge in [-0.1, -0.05) is 0 Å². The van der Waals surface area contributed by atoms with Gasteiger partial charge in [-0.25, -0.2) is 4.79 Å². The number of aliphatic hydroxyl groups is 1. The van der Waals surface area contributed by atoms with E-state index in [1.54, 1.807) is 0 Å². The molecule has 0 spiro atoms. The SMILES string of the molecule is COC(=O)[C@]1(O)CC(OC(C)=O)[C@@H](NC(C)=O)C([C@H](OC(C)=O)[C@@H](COC(C)=O)OC(C)=O)O1. The molecule has 192 valence electrons. The molecule has 0 aliphatic carbocycles. The maximum absolute atomic E-state index is 12.3. The zero-order valence-corrected chi connectivity index (χ0v) is 19.6. The Morgan fingerprint density at radius 3 is 2.00 bits per heavy atom. The number of hydrogen-bond donors (Lipinski definition) is 2. The maximum atomic E-state index is 12.3. The highest BCUT2D eigenvalue weighted by atomic mass is 16.7. The minimum atomic E-state index is -2.71. The van der Waals surface area contributed by atoms with E-state index < -0.39 is 85.0 Å². The first kappa shape index (κ1) is 28.8. The third kappa shape index (κ3) is 8.26. The molecule has 1 fully saturated rings. The fraction of sp³-hybridized carbons (Fsp3) is 0.700.